The highest BCUT2D eigenvalue weighted by molar-refractivity contribution is 5.27. The average Bonchev–Trinajstić information content (AvgIpc) is 2.86. The van der Waals surface area contributed by atoms with E-state index in [1.165, 1.54) is 12.1 Å². The Kier molecular flexibility index (Phi) is 4.71. The monoisotopic (exact) mass is 263 g/mol. The lowest BCUT2D eigenvalue weighted by molar-refractivity contribution is 0.162. The van der Waals surface area contributed by atoms with Crippen LogP contribution in [0, 0.1) is 5.82 Å². The molecule has 1 N–H and O–H groups in total. The molecule has 0 radical (unpaired) electrons. The van der Waals surface area contributed by atoms with Crippen molar-refractivity contribution in [1.82, 2.24) is 5.32 Å². The van der Waals surface area contributed by atoms with Crippen LogP contribution in [-0.2, 0) is 11.3 Å². The van der Waals surface area contributed by atoms with Crippen molar-refractivity contribution in [2.24, 2.45) is 0 Å². The Hall–Kier alpha value is -1.65. The zero-order valence-electron chi connectivity index (χ0n) is 11.2. The Bertz CT molecular complexity index is 507. The average molecular weight is 263 g/mol. The number of benzene rings is 1. The fraction of sp³-hybridized carbons (Fsp3) is 0.333. The van der Waals surface area contributed by atoms with Crippen molar-refractivity contribution in [3.63, 3.8) is 0 Å². The topological polar surface area (TPSA) is 34.4 Å². The second-order valence-electron chi connectivity index (χ2n) is 4.28. The summed E-state index contributed by atoms with van der Waals surface area (Å²) in [6.45, 7) is 3.26. The molecule has 0 aliphatic rings. The van der Waals surface area contributed by atoms with Gasteiger partial charge in [0.05, 0.1) is 6.04 Å². The van der Waals surface area contributed by atoms with Crippen LogP contribution in [0.3, 0.4) is 0 Å². The molecule has 2 rings (SSSR count). The molecular formula is C15H18FNO2. The van der Waals surface area contributed by atoms with E-state index < -0.39 is 0 Å². The molecule has 0 saturated heterocycles. The summed E-state index contributed by atoms with van der Waals surface area (Å²) in [6.07, 6.45) is 0. The van der Waals surface area contributed by atoms with E-state index in [2.05, 4.69) is 5.32 Å². The van der Waals surface area contributed by atoms with Gasteiger partial charge in [0.1, 0.15) is 23.9 Å². The molecule has 0 spiro atoms. The summed E-state index contributed by atoms with van der Waals surface area (Å²) in [5.74, 6) is 1.35. The minimum atomic E-state index is -0.237. The van der Waals surface area contributed by atoms with Crippen LogP contribution < -0.4 is 5.32 Å². The van der Waals surface area contributed by atoms with Crippen LogP contribution in [0.2, 0.25) is 0 Å². The van der Waals surface area contributed by atoms with Crippen molar-refractivity contribution in [2.75, 3.05) is 13.7 Å². The van der Waals surface area contributed by atoms with E-state index in [0.29, 0.717) is 6.61 Å². The largest absolute Gasteiger partial charge is 0.462 e. The van der Waals surface area contributed by atoms with Crippen LogP contribution in [0.15, 0.2) is 40.8 Å². The summed E-state index contributed by atoms with van der Waals surface area (Å²) < 4.78 is 23.8. The zero-order chi connectivity index (χ0) is 13.7. The molecule has 2 aromatic rings. The van der Waals surface area contributed by atoms with E-state index in [0.717, 1.165) is 23.6 Å². The second-order valence-corrected chi connectivity index (χ2v) is 4.28. The van der Waals surface area contributed by atoms with E-state index in [1.807, 2.05) is 19.1 Å². The second kappa shape index (κ2) is 6.50. The molecule has 1 aromatic heterocycles. The van der Waals surface area contributed by atoms with Gasteiger partial charge in [0.15, 0.2) is 0 Å². The maximum Gasteiger partial charge on any atom is 0.129 e. The number of furan rings is 1. The standard InChI is InChI=1S/C15H18FNO2/c1-3-17-15(11-4-6-12(16)7-5-11)14-9-8-13(19-14)10-18-2/h4-9,15,17H,3,10H2,1-2H3. The van der Waals surface area contributed by atoms with Crippen LogP contribution in [0.5, 0.6) is 0 Å². The summed E-state index contributed by atoms with van der Waals surface area (Å²) in [5.41, 5.74) is 0.974. The van der Waals surface area contributed by atoms with E-state index in [4.69, 9.17) is 9.15 Å². The highest BCUT2D eigenvalue weighted by Crippen LogP contribution is 2.24. The molecule has 0 bridgehead atoms. The van der Waals surface area contributed by atoms with Gasteiger partial charge in [-0.2, -0.15) is 0 Å². The zero-order valence-corrected chi connectivity index (χ0v) is 11.2. The highest BCUT2D eigenvalue weighted by atomic mass is 19.1. The van der Waals surface area contributed by atoms with E-state index >= 15 is 0 Å². The van der Waals surface area contributed by atoms with Crippen molar-refractivity contribution >= 4 is 0 Å². The van der Waals surface area contributed by atoms with Crippen LogP contribution in [0.4, 0.5) is 4.39 Å². The normalized spacial score (nSPS) is 12.6. The van der Waals surface area contributed by atoms with Gasteiger partial charge in [0, 0.05) is 7.11 Å². The first-order chi connectivity index (χ1) is 9.24. The van der Waals surface area contributed by atoms with Gasteiger partial charge in [-0.1, -0.05) is 19.1 Å². The Balaban J connectivity index is 2.25. The summed E-state index contributed by atoms with van der Waals surface area (Å²) in [6, 6.07) is 10.2. The Labute approximate surface area is 112 Å². The van der Waals surface area contributed by atoms with Crippen molar-refractivity contribution in [1.29, 1.82) is 0 Å². The Morgan fingerprint density at radius 3 is 2.58 bits per heavy atom. The maximum absolute atomic E-state index is 13.0. The van der Waals surface area contributed by atoms with Gasteiger partial charge in [0.2, 0.25) is 0 Å². The molecule has 1 heterocycles. The molecule has 4 heteroatoms. The SMILES string of the molecule is CCNC(c1ccc(F)cc1)c1ccc(COC)o1. The first kappa shape index (κ1) is 13.8. The lowest BCUT2D eigenvalue weighted by Gasteiger charge is -2.16. The quantitative estimate of drug-likeness (QED) is 0.868. The van der Waals surface area contributed by atoms with Gasteiger partial charge in [-0.15, -0.1) is 0 Å². The predicted molar refractivity (Wildman–Crippen MR) is 71.3 cm³/mol. The van der Waals surface area contributed by atoms with Crippen LogP contribution in [0.1, 0.15) is 30.0 Å². The molecule has 1 unspecified atom stereocenters. The highest BCUT2D eigenvalue weighted by Gasteiger charge is 2.17. The third-order valence-corrected chi connectivity index (χ3v) is 2.87. The number of methoxy groups -OCH3 is 1. The lowest BCUT2D eigenvalue weighted by Crippen LogP contribution is -2.21. The van der Waals surface area contributed by atoms with E-state index in [1.54, 1.807) is 19.2 Å². The lowest BCUT2D eigenvalue weighted by atomic mass is 10.0. The van der Waals surface area contributed by atoms with Crippen molar-refractivity contribution < 1.29 is 13.5 Å². The van der Waals surface area contributed by atoms with Crippen molar-refractivity contribution in [3.05, 3.63) is 59.3 Å². The minimum Gasteiger partial charge on any atom is -0.462 e. The number of hydrogen-bond donors (Lipinski definition) is 1. The fourth-order valence-electron chi connectivity index (χ4n) is 2.01. The van der Waals surface area contributed by atoms with Gasteiger partial charge < -0.3 is 14.5 Å². The maximum atomic E-state index is 13.0. The minimum absolute atomic E-state index is 0.0730. The molecule has 0 amide bonds. The van der Waals surface area contributed by atoms with Crippen LogP contribution in [0.25, 0.3) is 0 Å². The smallest absolute Gasteiger partial charge is 0.129 e. The van der Waals surface area contributed by atoms with Gasteiger partial charge in [0.25, 0.3) is 0 Å². The van der Waals surface area contributed by atoms with E-state index in [9.17, 15) is 4.39 Å². The molecular weight excluding hydrogens is 245 g/mol. The third-order valence-electron chi connectivity index (χ3n) is 2.87. The first-order valence-electron chi connectivity index (χ1n) is 6.31. The summed E-state index contributed by atoms with van der Waals surface area (Å²) in [7, 11) is 1.63. The number of hydrogen-bond acceptors (Lipinski definition) is 3. The summed E-state index contributed by atoms with van der Waals surface area (Å²) in [4.78, 5) is 0. The molecule has 1 aromatic carbocycles. The van der Waals surface area contributed by atoms with Gasteiger partial charge >= 0.3 is 0 Å². The summed E-state index contributed by atoms with van der Waals surface area (Å²) in [5, 5.41) is 3.33. The molecule has 0 aliphatic carbocycles. The fourth-order valence-corrected chi connectivity index (χ4v) is 2.01. The summed E-state index contributed by atoms with van der Waals surface area (Å²) >= 11 is 0. The predicted octanol–water partition coefficient (Wildman–Crippen LogP) is 3.26. The Morgan fingerprint density at radius 2 is 1.95 bits per heavy atom. The third kappa shape index (κ3) is 3.43. The molecule has 0 aliphatic heterocycles. The number of nitrogens with one attached hydrogen (secondary N) is 1. The molecule has 0 fully saturated rings. The molecule has 3 nitrogen and oxygen atoms in total. The van der Waals surface area contributed by atoms with Crippen LogP contribution >= 0.6 is 0 Å². The molecule has 102 valence electrons. The van der Waals surface area contributed by atoms with E-state index in [-0.39, 0.29) is 11.9 Å². The molecule has 19 heavy (non-hydrogen) atoms. The van der Waals surface area contributed by atoms with Gasteiger partial charge in [-0.25, -0.2) is 4.39 Å². The van der Waals surface area contributed by atoms with Gasteiger partial charge in [-0.05, 0) is 36.4 Å². The molecule has 0 saturated carbocycles. The van der Waals surface area contributed by atoms with Crippen molar-refractivity contribution in [2.45, 2.75) is 19.6 Å². The van der Waals surface area contributed by atoms with Gasteiger partial charge in [-0.3, -0.25) is 0 Å². The van der Waals surface area contributed by atoms with Crippen LogP contribution in [-0.4, -0.2) is 13.7 Å². The number of halogens is 1. The van der Waals surface area contributed by atoms with Crippen molar-refractivity contribution in [3.8, 4) is 0 Å². The molecule has 1 atom stereocenters. The Morgan fingerprint density at radius 1 is 1.21 bits per heavy atom. The number of rotatable bonds is 6. The number of ether oxygens (including phenoxy) is 1. The first-order valence-corrected chi connectivity index (χ1v) is 6.31.